The SMILES string of the molecule is CC(=O)c1ccc(NC(=O)c2nc(C(=O)N3CCCCC3)c3n2CCCC3)cc1. The first-order valence-corrected chi connectivity index (χ1v) is 10.4. The number of nitrogens with zero attached hydrogens (tertiary/aromatic N) is 3. The first-order valence-electron chi connectivity index (χ1n) is 10.4. The first-order chi connectivity index (χ1) is 14.0. The average Bonchev–Trinajstić information content (AvgIpc) is 3.14. The molecule has 0 unspecified atom stereocenters. The fourth-order valence-corrected chi connectivity index (χ4v) is 4.11. The molecule has 1 aromatic carbocycles. The topological polar surface area (TPSA) is 84.3 Å². The lowest BCUT2D eigenvalue weighted by atomic mass is 10.1. The number of amides is 2. The number of likely N-dealkylation sites (tertiary alicyclic amines) is 1. The molecule has 1 fully saturated rings. The van der Waals surface area contributed by atoms with Crippen LogP contribution in [0.2, 0.25) is 0 Å². The third-order valence-electron chi connectivity index (χ3n) is 5.72. The summed E-state index contributed by atoms with van der Waals surface area (Å²) in [5.74, 6) is -0.122. The van der Waals surface area contributed by atoms with E-state index in [4.69, 9.17) is 0 Å². The molecule has 0 aliphatic carbocycles. The Balaban J connectivity index is 1.59. The molecule has 0 saturated carbocycles. The summed E-state index contributed by atoms with van der Waals surface area (Å²) in [6.07, 6.45) is 5.92. The van der Waals surface area contributed by atoms with E-state index in [1.165, 1.54) is 6.92 Å². The van der Waals surface area contributed by atoms with Crippen molar-refractivity contribution in [2.24, 2.45) is 0 Å². The molecule has 3 heterocycles. The fourth-order valence-electron chi connectivity index (χ4n) is 4.11. The van der Waals surface area contributed by atoms with Crippen LogP contribution in [0.25, 0.3) is 0 Å². The number of anilines is 1. The Bertz CT molecular complexity index is 940. The number of hydrogen-bond acceptors (Lipinski definition) is 4. The summed E-state index contributed by atoms with van der Waals surface area (Å²) in [7, 11) is 0. The molecule has 2 aliphatic heterocycles. The summed E-state index contributed by atoms with van der Waals surface area (Å²) in [6, 6.07) is 6.78. The van der Waals surface area contributed by atoms with Crippen molar-refractivity contribution in [3.05, 3.63) is 47.0 Å². The Labute approximate surface area is 170 Å². The maximum atomic E-state index is 13.1. The van der Waals surface area contributed by atoms with Crippen molar-refractivity contribution < 1.29 is 14.4 Å². The lowest BCUT2D eigenvalue weighted by Gasteiger charge is -2.26. The van der Waals surface area contributed by atoms with Gasteiger partial charge >= 0.3 is 0 Å². The van der Waals surface area contributed by atoms with E-state index in [9.17, 15) is 14.4 Å². The molecule has 0 bridgehead atoms. The van der Waals surface area contributed by atoms with Gasteiger partial charge in [-0.2, -0.15) is 0 Å². The molecule has 1 N–H and O–H groups in total. The summed E-state index contributed by atoms with van der Waals surface area (Å²) in [4.78, 5) is 43.8. The van der Waals surface area contributed by atoms with E-state index in [0.717, 1.165) is 57.3 Å². The van der Waals surface area contributed by atoms with Crippen LogP contribution in [0.15, 0.2) is 24.3 Å². The number of ketones is 1. The molecule has 0 atom stereocenters. The van der Waals surface area contributed by atoms with E-state index in [1.54, 1.807) is 24.3 Å². The third-order valence-corrected chi connectivity index (χ3v) is 5.72. The molecule has 0 spiro atoms. The molecule has 152 valence electrons. The lowest BCUT2D eigenvalue weighted by Crippen LogP contribution is -2.36. The largest absolute Gasteiger partial charge is 0.337 e. The van der Waals surface area contributed by atoms with Crippen molar-refractivity contribution in [1.82, 2.24) is 14.5 Å². The van der Waals surface area contributed by atoms with Crippen molar-refractivity contribution in [3.63, 3.8) is 0 Å². The fraction of sp³-hybridized carbons (Fsp3) is 0.455. The minimum atomic E-state index is -0.332. The van der Waals surface area contributed by atoms with Crippen LogP contribution in [0.3, 0.4) is 0 Å². The maximum absolute atomic E-state index is 13.1. The van der Waals surface area contributed by atoms with E-state index < -0.39 is 0 Å². The second kappa shape index (κ2) is 8.19. The molecular weight excluding hydrogens is 368 g/mol. The number of Topliss-reactive ketones (excluding diaryl/α,β-unsaturated/α-hetero) is 1. The summed E-state index contributed by atoms with van der Waals surface area (Å²) < 4.78 is 1.90. The van der Waals surface area contributed by atoms with Gasteiger partial charge in [0.1, 0.15) is 5.69 Å². The van der Waals surface area contributed by atoms with Crippen molar-refractivity contribution in [2.75, 3.05) is 18.4 Å². The Morgan fingerprint density at radius 3 is 2.31 bits per heavy atom. The number of hydrogen-bond donors (Lipinski definition) is 1. The predicted molar refractivity (Wildman–Crippen MR) is 109 cm³/mol. The number of fused-ring (bicyclic) bond motifs is 1. The molecule has 0 radical (unpaired) electrons. The van der Waals surface area contributed by atoms with Gasteiger partial charge in [0, 0.05) is 30.9 Å². The van der Waals surface area contributed by atoms with Crippen LogP contribution >= 0.6 is 0 Å². The normalized spacial score (nSPS) is 16.2. The highest BCUT2D eigenvalue weighted by atomic mass is 16.2. The van der Waals surface area contributed by atoms with Crippen molar-refractivity contribution in [1.29, 1.82) is 0 Å². The lowest BCUT2D eigenvalue weighted by molar-refractivity contribution is 0.0717. The molecule has 29 heavy (non-hydrogen) atoms. The van der Waals surface area contributed by atoms with Crippen LogP contribution in [-0.2, 0) is 13.0 Å². The van der Waals surface area contributed by atoms with Crippen LogP contribution in [0.5, 0.6) is 0 Å². The molecule has 1 aromatic heterocycles. The number of piperidine rings is 1. The Morgan fingerprint density at radius 2 is 1.62 bits per heavy atom. The first kappa shape index (κ1) is 19.4. The molecule has 2 amide bonds. The number of nitrogens with one attached hydrogen (secondary N) is 1. The second-order valence-electron chi connectivity index (χ2n) is 7.78. The summed E-state index contributed by atoms with van der Waals surface area (Å²) in [6.45, 7) is 3.72. The minimum Gasteiger partial charge on any atom is -0.337 e. The van der Waals surface area contributed by atoms with Crippen molar-refractivity contribution in [3.8, 4) is 0 Å². The monoisotopic (exact) mass is 394 g/mol. The van der Waals surface area contributed by atoms with E-state index in [-0.39, 0.29) is 23.4 Å². The van der Waals surface area contributed by atoms with E-state index in [1.807, 2.05) is 9.47 Å². The number of rotatable bonds is 4. The van der Waals surface area contributed by atoms with Gasteiger partial charge in [0.2, 0.25) is 0 Å². The standard InChI is InChI=1S/C22H26N4O3/c1-15(27)16-8-10-17(11-9-16)23-21(28)20-24-19(18-7-3-6-14-26(18)20)22(29)25-12-4-2-5-13-25/h8-11H,2-7,12-14H2,1H3,(H,23,28). The molecule has 2 aliphatic rings. The maximum Gasteiger partial charge on any atom is 0.291 e. The number of carbonyl (C=O) groups excluding carboxylic acids is 3. The van der Waals surface area contributed by atoms with Crippen molar-refractivity contribution >= 4 is 23.3 Å². The summed E-state index contributed by atoms with van der Waals surface area (Å²) >= 11 is 0. The van der Waals surface area contributed by atoms with Crippen LogP contribution < -0.4 is 5.32 Å². The summed E-state index contributed by atoms with van der Waals surface area (Å²) in [5.41, 5.74) is 2.50. The molecule has 4 rings (SSSR count). The third kappa shape index (κ3) is 3.95. The Kier molecular flexibility index (Phi) is 5.47. The average molecular weight is 394 g/mol. The molecule has 7 nitrogen and oxygen atoms in total. The highest BCUT2D eigenvalue weighted by molar-refractivity contribution is 6.04. The molecule has 2 aromatic rings. The smallest absolute Gasteiger partial charge is 0.291 e. The number of aromatic nitrogens is 2. The Morgan fingerprint density at radius 1 is 0.931 bits per heavy atom. The highest BCUT2D eigenvalue weighted by Gasteiger charge is 2.30. The van der Waals surface area contributed by atoms with Gasteiger partial charge < -0.3 is 14.8 Å². The van der Waals surface area contributed by atoms with Crippen LogP contribution in [0, 0.1) is 0 Å². The molecule has 1 saturated heterocycles. The minimum absolute atomic E-state index is 0.0222. The zero-order valence-corrected chi connectivity index (χ0v) is 16.7. The van der Waals surface area contributed by atoms with Crippen LogP contribution in [0.1, 0.15) is 76.2 Å². The zero-order valence-electron chi connectivity index (χ0n) is 16.7. The van der Waals surface area contributed by atoms with Gasteiger partial charge in [-0.1, -0.05) is 0 Å². The van der Waals surface area contributed by atoms with Gasteiger partial charge in [0.25, 0.3) is 11.8 Å². The zero-order chi connectivity index (χ0) is 20.4. The van der Waals surface area contributed by atoms with Gasteiger partial charge in [-0.05, 0) is 69.7 Å². The Hall–Kier alpha value is -2.96. The number of imidazole rings is 1. The van der Waals surface area contributed by atoms with Crippen molar-refractivity contribution in [2.45, 2.75) is 52.0 Å². The highest BCUT2D eigenvalue weighted by Crippen LogP contribution is 2.24. The molecular formula is C22H26N4O3. The number of carbonyl (C=O) groups is 3. The van der Waals surface area contributed by atoms with Crippen LogP contribution in [-0.4, -0.2) is 45.1 Å². The predicted octanol–water partition coefficient (Wildman–Crippen LogP) is 3.30. The van der Waals surface area contributed by atoms with Gasteiger partial charge in [0.05, 0.1) is 5.69 Å². The van der Waals surface area contributed by atoms with E-state index in [2.05, 4.69) is 10.3 Å². The van der Waals surface area contributed by atoms with E-state index >= 15 is 0 Å². The molecule has 7 heteroatoms. The quantitative estimate of drug-likeness (QED) is 0.807. The summed E-state index contributed by atoms with van der Waals surface area (Å²) in [5, 5.41) is 2.85. The van der Waals surface area contributed by atoms with Gasteiger partial charge in [-0.15, -0.1) is 0 Å². The van der Waals surface area contributed by atoms with Gasteiger partial charge in [-0.3, -0.25) is 14.4 Å². The van der Waals surface area contributed by atoms with Crippen LogP contribution in [0.4, 0.5) is 5.69 Å². The van der Waals surface area contributed by atoms with Gasteiger partial charge in [-0.25, -0.2) is 4.98 Å². The number of benzene rings is 1. The van der Waals surface area contributed by atoms with E-state index in [0.29, 0.717) is 23.5 Å². The van der Waals surface area contributed by atoms with Gasteiger partial charge in [0.15, 0.2) is 11.6 Å². The second-order valence-corrected chi connectivity index (χ2v) is 7.78.